The average Bonchev–Trinajstić information content (AvgIpc) is 2.65. The highest BCUT2D eigenvalue weighted by Crippen LogP contribution is 2.17. The van der Waals surface area contributed by atoms with E-state index in [2.05, 4.69) is 46.5 Å². The molecule has 1 aromatic rings. The van der Waals surface area contributed by atoms with Crippen molar-refractivity contribution in [1.82, 2.24) is 15.5 Å². The highest BCUT2D eigenvalue weighted by Gasteiger charge is 2.20. The van der Waals surface area contributed by atoms with Gasteiger partial charge in [-0.2, -0.15) is 0 Å². The molecule has 1 saturated heterocycles. The molecule has 0 aromatic heterocycles. The lowest BCUT2D eigenvalue weighted by atomic mass is 9.98. The van der Waals surface area contributed by atoms with Crippen LogP contribution in [0.3, 0.4) is 0 Å². The first-order valence-corrected chi connectivity index (χ1v) is 9.44. The Balaban J connectivity index is 1.67. The van der Waals surface area contributed by atoms with Gasteiger partial charge in [0.15, 0.2) is 5.96 Å². The quantitative estimate of drug-likeness (QED) is 0.588. The van der Waals surface area contributed by atoms with E-state index in [-0.39, 0.29) is 0 Å². The average molecular weight is 347 g/mol. The lowest BCUT2D eigenvalue weighted by Crippen LogP contribution is -2.48. The van der Waals surface area contributed by atoms with Gasteiger partial charge in [-0.25, -0.2) is 0 Å². The van der Waals surface area contributed by atoms with Gasteiger partial charge in [-0.1, -0.05) is 19.1 Å². The van der Waals surface area contributed by atoms with Gasteiger partial charge < -0.3 is 15.4 Å². The summed E-state index contributed by atoms with van der Waals surface area (Å²) in [7, 11) is 3.52. The van der Waals surface area contributed by atoms with Crippen LogP contribution < -0.4 is 15.4 Å². The third kappa shape index (κ3) is 6.58. The van der Waals surface area contributed by atoms with Gasteiger partial charge in [0.2, 0.25) is 0 Å². The Morgan fingerprint density at radius 1 is 1.24 bits per heavy atom. The van der Waals surface area contributed by atoms with Crippen LogP contribution in [0.2, 0.25) is 0 Å². The van der Waals surface area contributed by atoms with Gasteiger partial charge in [0.25, 0.3) is 0 Å². The fraction of sp³-hybridized carbons (Fsp3) is 0.650. The van der Waals surface area contributed by atoms with Crippen molar-refractivity contribution in [3.05, 3.63) is 29.8 Å². The Kier molecular flexibility index (Phi) is 8.06. The summed E-state index contributed by atoms with van der Waals surface area (Å²) in [4.78, 5) is 6.91. The standard InChI is InChI=1S/C20H34N4O/c1-16-10-13-24(14-11-16)17(2)15-23-20(21-3)22-12-9-18-5-7-19(25-4)8-6-18/h5-8,16-17H,9-15H2,1-4H3,(H2,21,22,23). The van der Waals surface area contributed by atoms with E-state index in [1.165, 1.54) is 31.5 Å². The molecule has 5 heteroatoms. The Bertz CT molecular complexity index is 521. The summed E-state index contributed by atoms with van der Waals surface area (Å²) in [6.45, 7) is 8.88. The third-order valence-corrected chi connectivity index (χ3v) is 5.10. The van der Waals surface area contributed by atoms with Crippen molar-refractivity contribution in [1.29, 1.82) is 0 Å². The monoisotopic (exact) mass is 346 g/mol. The summed E-state index contributed by atoms with van der Waals surface area (Å²) in [5.74, 6) is 2.66. The molecule has 1 atom stereocenters. The van der Waals surface area contributed by atoms with E-state index in [0.717, 1.165) is 37.1 Å². The Hall–Kier alpha value is -1.75. The number of nitrogens with one attached hydrogen (secondary N) is 2. The fourth-order valence-electron chi connectivity index (χ4n) is 3.18. The van der Waals surface area contributed by atoms with Gasteiger partial charge in [0, 0.05) is 26.2 Å². The SMILES string of the molecule is CN=C(NCCc1ccc(OC)cc1)NCC(C)N1CCC(C)CC1. The predicted octanol–water partition coefficient (Wildman–Crippen LogP) is 2.52. The number of hydrogen-bond donors (Lipinski definition) is 2. The highest BCUT2D eigenvalue weighted by molar-refractivity contribution is 5.79. The molecule has 2 rings (SSSR count). The molecule has 5 nitrogen and oxygen atoms in total. The fourth-order valence-corrected chi connectivity index (χ4v) is 3.18. The van der Waals surface area contributed by atoms with Gasteiger partial charge in [-0.15, -0.1) is 0 Å². The molecule has 1 unspecified atom stereocenters. The van der Waals surface area contributed by atoms with Crippen LogP contribution in [0.5, 0.6) is 5.75 Å². The van der Waals surface area contributed by atoms with E-state index in [1.807, 2.05) is 19.2 Å². The highest BCUT2D eigenvalue weighted by atomic mass is 16.5. The first kappa shape index (κ1) is 19.6. The van der Waals surface area contributed by atoms with Gasteiger partial charge in [-0.3, -0.25) is 9.89 Å². The van der Waals surface area contributed by atoms with Gasteiger partial charge in [0.05, 0.1) is 7.11 Å². The summed E-state index contributed by atoms with van der Waals surface area (Å²) < 4.78 is 5.19. The molecule has 0 saturated carbocycles. The second-order valence-electron chi connectivity index (χ2n) is 7.05. The zero-order valence-corrected chi connectivity index (χ0v) is 16.2. The van der Waals surface area contributed by atoms with Crippen LogP contribution >= 0.6 is 0 Å². The number of guanidine groups is 1. The number of methoxy groups -OCH3 is 1. The lowest BCUT2D eigenvalue weighted by Gasteiger charge is -2.35. The van der Waals surface area contributed by atoms with Crippen molar-refractivity contribution in [3.8, 4) is 5.75 Å². The Morgan fingerprint density at radius 3 is 2.52 bits per heavy atom. The Labute approximate surface area is 152 Å². The van der Waals surface area contributed by atoms with Crippen molar-refractivity contribution >= 4 is 5.96 Å². The minimum absolute atomic E-state index is 0.535. The van der Waals surface area contributed by atoms with E-state index in [9.17, 15) is 0 Å². The number of benzene rings is 1. The number of ether oxygens (including phenoxy) is 1. The van der Waals surface area contributed by atoms with Crippen LogP contribution in [0.4, 0.5) is 0 Å². The van der Waals surface area contributed by atoms with Crippen LogP contribution in [0.1, 0.15) is 32.3 Å². The molecule has 2 N–H and O–H groups in total. The molecule has 0 spiro atoms. The normalized spacial score (nSPS) is 18.0. The van der Waals surface area contributed by atoms with Crippen molar-refractivity contribution < 1.29 is 4.74 Å². The molecule has 1 aliphatic heterocycles. The molecule has 0 radical (unpaired) electrons. The van der Waals surface area contributed by atoms with E-state index in [4.69, 9.17) is 4.74 Å². The molecular formula is C20H34N4O. The molecule has 0 amide bonds. The minimum atomic E-state index is 0.535. The number of likely N-dealkylation sites (tertiary alicyclic amines) is 1. The number of rotatable bonds is 7. The first-order valence-electron chi connectivity index (χ1n) is 9.44. The number of nitrogens with zero attached hydrogens (tertiary/aromatic N) is 2. The maximum atomic E-state index is 5.19. The van der Waals surface area contributed by atoms with Crippen LogP contribution in [0.25, 0.3) is 0 Å². The second-order valence-corrected chi connectivity index (χ2v) is 7.05. The van der Waals surface area contributed by atoms with Crippen molar-refractivity contribution in [2.24, 2.45) is 10.9 Å². The number of hydrogen-bond acceptors (Lipinski definition) is 3. The van der Waals surface area contributed by atoms with Crippen LogP contribution in [-0.4, -0.2) is 57.2 Å². The summed E-state index contributed by atoms with van der Waals surface area (Å²) in [5, 5.41) is 6.86. The molecule has 1 heterocycles. The molecule has 1 fully saturated rings. The summed E-state index contributed by atoms with van der Waals surface area (Å²) in [6, 6.07) is 8.76. The molecule has 140 valence electrons. The van der Waals surface area contributed by atoms with E-state index < -0.39 is 0 Å². The minimum Gasteiger partial charge on any atom is -0.497 e. The molecule has 25 heavy (non-hydrogen) atoms. The van der Waals surface area contributed by atoms with Crippen LogP contribution in [-0.2, 0) is 6.42 Å². The smallest absolute Gasteiger partial charge is 0.191 e. The second kappa shape index (κ2) is 10.3. The third-order valence-electron chi connectivity index (χ3n) is 5.10. The van der Waals surface area contributed by atoms with Gasteiger partial charge in [-0.05, 0) is 62.9 Å². The van der Waals surface area contributed by atoms with Crippen LogP contribution in [0, 0.1) is 5.92 Å². The molecule has 1 aliphatic rings. The molecule has 0 aliphatic carbocycles. The summed E-state index contributed by atoms with van der Waals surface area (Å²) in [5.41, 5.74) is 1.29. The predicted molar refractivity (Wildman–Crippen MR) is 105 cm³/mol. The lowest BCUT2D eigenvalue weighted by molar-refractivity contribution is 0.147. The van der Waals surface area contributed by atoms with E-state index in [0.29, 0.717) is 6.04 Å². The maximum Gasteiger partial charge on any atom is 0.191 e. The van der Waals surface area contributed by atoms with Crippen molar-refractivity contribution in [2.45, 2.75) is 39.2 Å². The zero-order chi connectivity index (χ0) is 18.1. The summed E-state index contributed by atoms with van der Waals surface area (Å²) in [6.07, 6.45) is 3.60. The molecule has 1 aromatic carbocycles. The largest absolute Gasteiger partial charge is 0.497 e. The van der Waals surface area contributed by atoms with Gasteiger partial charge in [0.1, 0.15) is 5.75 Å². The first-order chi connectivity index (χ1) is 12.1. The van der Waals surface area contributed by atoms with Crippen LogP contribution in [0.15, 0.2) is 29.3 Å². The summed E-state index contributed by atoms with van der Waals surface area (Å²) >= 11 is 0. The topological polar surface area (TPSA) is 48.9 Å². The maximum absolute atomic E-state index is 5.19. The van der Waals surface area contributed by atoms with Gasteiger partial charge >= 0.3 is 0 Å². The Morgan fingerprint density at radius 2 is 1.92 bits per heavy atom. The van der Waals surface area contributed by atoms with E-state index >= 15 is 0 Å². The van der Waals surface area contributed by atoms with Crippen molar-refractivity contribution in [3.63, 3.8) is 0 Å². The van der Waals surface area contributed by atoms with Crippen molar-refractivity contribution in [2.75, 3.05) is 40.3 Å². The number of aliphatic imine (C=N–C) groups is 1. The van der Waals surface area contributed by atoms with E-state index in [1.54, 1.807) is 7.11 Å². The molecule has 0 bridgehead atoms. The number of piperidine rings is 1. The molecular weight excluding hydrogens is 312 g/mol. The zero-order valence-electron chi connectivity index (χ0n) is 16.2.